The Morgan fingerprint density at radius 1 is 1.58 bits per heavy atom. The van der Waals surface area contributed by atoms with Crippen LogP contribution in [0, 0.1) is 0 Å². The first-order chi connectivity index (χ1) is 5.58. The summed E-state index contributed by atoms with van der Waals surface area (Å²) >= 11 is 0. The first kappa shape index (κ1) is 9.46. The Balaban J connectivity index is 2.25. The molecule has 0 amide bonds. The molecule has 0 radical (unpaired) electrons. The zero-order valence-electron chi connectivity index (χ0n) is 7.96. The fourth-order valence-electron chi connectivity index (χ4n) is 1.28. The summed E-state index contributed by atoms with van der Waals surface area (Å²) in [5, 5.41) is 0. The van der Waals surface area contributed by atoms with Crippen molar-refractivity contribution in [2.45, 2.75) is 45.3 Å². The van der Waals surface area contributed by atoms with Crippen molar-refractivity contribution in [3.63, 3.8) is 0 Å². The average molecular weight is 168 g/mol. The molecule has 1 saturated heterocycles. The van der Waals surface area contributed by atoms with Crippen LogP contribution >= 0.6 is 0 Å². The van der Waals surface area contributed by atoms with Crippen molar-refractivity contribution in [3.8, 4) is 0 Å². The molecular formula is C10H16O2. The highest BCUT2D eigenvalue weighted by Gasteiger charge is 2.51. The lowest BCUT2D eigenvalue weighted by atomic mass is 10.0. The largest absolute Gasteiger partial charge is 0.358 e. The minimum atomic E-state index is -0.159. The highest BCUT2D eigenvalue weighted by atomic mass is 16.6. The summed E-state index contributed by atoms with van der Waals surface area (Å²) in [4.78, 5) is 10.3. The van der Waals surface area contributed by atoms with Gasteiger partial charge in [-0.3, -0.25) is 0 Å². The van der Waals surface area contributed by atoms with Gasteiger partial charge < -0.3 is 9.53 Å². The molecule has 0 aliphatic carbocycles. The van der Waals surface area contributed by atoms with Crippen LogP contribution in [0.25, 0.3) is 0 Å². The van der Waals surface area contributed by atoms with Gasteiger partial charge in [0.2, 0.25) is 0 Å². The Kier molecular flexibility index (Phi) is 2.68. The summed E-state index contributed by atoms with van der Waals surface area (Å²) in [7, 11) is 0. The predicted molar refractivity (Wildman–Crippen MR) is 48.0 cm³/mol. The van der Waals surface area contributed by atoms with Gasteiger partial charge in [0, 0.05) is 0 Å². The van der Waals surface area contributed by atoms with Crippen LogP contribution in [0.1, 0.15) is 33.6 Å². The zero-order chi connectivity index (χ0) is 9.19. The standard InChI is InChI=1S/C10H16O2/c1-8(2)5-4-6-10(3)9(7-11)12-10/h5,7,9H,4,6H2,1-3H3/t9-,10+/m0/s1. The third-order valence-electron chi connectivity index (χ3n) is 2.26. The quantitative estimate of drug-likeness (QED) is 0.365. The van der Waals surface area contributed by atoms with Gasteiger partial charge in [0.1, 0.15) is 6.10 Å². The monoisotopic (exact) mass is 168 g/mol. The van der Waals surface area contributed by atoms with Crippen LogP contribution in [0.3, 0.4) is 0 Å². The van der Waals surface area contributed by atoms with Crippen molar-refractivity contribution < 1.29 is 9.53 Å². The number of rotatable bonds is 4. The number of hydrogen-bond donors (Lipinski definition) is 0. The number of ether oxygens (including phenoxy) is 1. The number of carbonyl (C=O) groups is 1. The summed E-state index contributed by atoms with van der Waals surface area (Å²) < 4.78 is 5.24. The van der Waals surface area contributed by atoms with E-state index in [4.69, 9.17) is 4.74 Å². The maximum Gasteiger partial charge on any atom is 0.151 e. The van der Waals surface area contributed by atoms with Gasteiger partial charge in [0.15, 0.2) is 6.29 Å². The van der Waals surface area contributed by atoms with Crippen molar-refractivity contribution >= 4 is 6.29 Å². The van der Waals surface area contributed by atoms with Crippen molar-refractivity contribution in [1.82, 2.24) is 0 Å². The summed E-state index contributed by atoms with van der Waals surface area (Å²) in [5.74, 6) is 0. The molecule has 0 bridgehead atoms. The first-order valence-corrected chi connectivity index (χ1v) is 4.35. The Labute approximate surface area is 73.6 Å². The third-order valence-corrected chi connectivity index (χ3v) is 2.26. The van der Waals surface area contributed by atoms with E-state index in [0.717, 1.165) is 19.1 Å². The van der Waals surface area contributed by atoms with Crippen LogP contribution in [0.15, 0.2) is 11.6 Å². The van der Waals surface area contributed by atoms with Crippen LogP contribution in [0.5, 0.6) is 0 Å². The molecule has 2 nitrogen and oxygen atoms in total. The van der Waals surface area contributed by atoms with E-state index in [2.05, 4.69) is 19.9 Å². The molecule has 2 atom stereocenters. The second-order valence-corrected chi connectivity index (χ2v) is 3.81. The van der Waals surface area contributed by atoms with E-state index >= 15 is 0 Å². The molecule has 0 aromatic carbocycles. The van der Waals surface area contributed by atoms with E-state index in [1.807, 2.05) is 6.92 Å². The van der Waals surface area contributed by atoms with Gasteiger partial charge in [-0.2, -0.15) is 0 Å². The predicted octanol–water partition coefficient (Wildman–Crippen LogP) is 2.09. The van der Waals surface area contributed by atoms with Gasteiger partial charge >= 0.3 is 0 Å². The van der Waals surface area contributed by atoms with Crippen LogP contribution in [0.4, 0.5) is 0 Å². The second-order valence-electron chi connectivity index (χ2n) is 3.81. The molecule has 0 unspecified atom stereocenters. The van der Waals surface area contributed by atoms with Crippen LogP contribution in [0.2, 0.25) is 0 Å². The summed E-state index contributed by atoms with van der Waals surface area (Å²) in [6.07, 6.45) is 4.87. The molecule has 2 heteroatoms. The number of carbonyl (C=O) groups excluding carboxylic acids is 1. The topological polar surface area (TPSA) is 29.6 Å². The average Bonchev–Trinajstić information content (AvgIpc) is 2.61. The van der Waals surface area contributed by atoms with Crippen LogP contribution in [-0.4, -0.2) is 18.0 Å². The Hall–Kier alpha value is -0.630. The highest BCUT2D eigenvalue weighted by molar-refractivity contribution is 5.62. The van der Waals surface area contributed by atoms with Gasteiger partial charge in [-0.15, -0.1) is 0 Å². The van der Waals surface area contributed by atoms with E-state index in [-0.39, 0.29) is 11.7 Å². The smallest absolute Gasteiger partial charge is 0.151 e. The van der Waals surface area contributed by atoms with E-state index < -0.39 is 0 Å². The molecule has 12 heavy (non-hydrogen) atoms. The number of allylic oxidation sites excluding steroid dienone is 2. The fraction of sp³-hybridized carbons (Fsp3) is 0.700. The van der Waals surface area contributed by atoms with Crippen LogP contribution < -0.4 is 0 Å². The summed E-state index contributed by atoms with van der Waals surface area (Å²) in [6.45, 7) is 6.14. The molecule has 1 rings (SSSR count). The van der Waals surface area contributed by atoms with Crippen molar-refractivity contribution in [3.05, 3.63) is 11.6 Å². The van der Waals surface area contributed by atoms with Crippen molar-refractivity contribution in [2.75, 3.05) is 0 Å². The Morgan fingerprint density at radius 3 is 2.67 bits per heavy atom. The number of epoxide rings is 1. The molecule has 0 N–H and O–H groups in total. The maximum atomic E-state index is 10.3. The van der Waals surface area contributed by atoms with Crippen molar-refractivity contribution in [2.24, 2.45) is 0 Å². The molecule has 1 fully saturated rings. The highest BCUT2D eigenvalue weighted by Crippen LogP contribution is 2.38. The van der Waals surface area contributed by atoms with Gasteiger partial charge in [-0.05, 0) is 33.6 Å². The normalized spacial score (nSPS) is 32.8. The van der Waals surface area contributed by atoms with Crippen molar-refractivity contribution in [1.29, 1.82) is 0 Å². The Bertz CT molecular complexity index is 204. The summed E-state index contributed by atoms with van der Waals surface area (Å²) in [6, 6.07) is 0. The van der Waals surface area contributed by atoms with Gasteiger partial charge in [-0.25, -0.2) is 0 Å². The first-order valence-electron chi connectivity index (χ1n) is 4.35. The van der Waals surface area contributed by atoms with E-state index in [1.54, 1.807) is 0 Å². The summed E-state index contributed by atoms with van der Waals surface area (Å²) in [5.41, 5.74) is 1.16. The lowest BCUT2D eigenvalue weighted by Gasteiger charge is -2.01. The molecule has 1 aliphatic heterocycles. The molecule has 0 aromatic rings. The fourth-order valence-corrected chi connectivity index (χ4v) is 1.28. The zero-order valence-corrected chi connectivity index (χ0v) is 7.96. The lowest BCUT2D eigenvalue weighted by Crippen LogP contribution is -2.09. The minimum Gasteiger partial charge on any atom is -0.358 e. The molecule has 1 aliphatic rings. The third kappa shape index (κ3) is 2.18. The van der Waals surface area contributed by atoms with E-state index in [1.165, 1.54) is 5.57 Å². The second kappa shape index (κ2) is 3.40. The molecule has 68 valence electrons. The maximum absolute atomic E-state index is 10.3. The molecule has 0 aromatic heterocycles. The Morgan fingerprint density at radius 2 is 2.25 bits per heavy atom. The number of hydrogen-bond acceptors (Lipinski definition) is 2. The minimum absolute atomic E-state index is 0.150. The molecule has 1 heterocycles. The molecule has 0 spiro atoms. The number of aldehydes is 1. The lowest BCUT2D eigenvalue weighted by molar-refractivity contribution is -0.108. The van der Waals surface area contributed by atoms with Gasteiger partial charge in [0.25, 0.3) is 0 Å². The SMILES string of the molecule is CC(C)=CCC[C@@]1(C)O[C@H]1C=O. The van der Waals surface area contributed by atoms with Gasteiger partial charge in [0.05, 0.1) is 5.60 Å². The van der Waals surface area contributed by atoms with Gasteiger partial charge in [-0.1, -0.05) is 11.6 Å². The molecular weight excluding hydrogens is 152 g/mol. The van der Waals surface area contributed by atoms with E-state index in [9.17, 15) is 4.79 Å². The molecule has 0 saturated carbocycles. The van der Waals surface area contributed by atoms with Crippen LogP contribution in [-0.2, 0) is 9.53 Å². The van der Waals surface area contributed by atoms with E-state index in [0.29, 0.717) is 0 Å².